The number of fused-ring (bicyclic) bond motifs is 1. The van der Waals surface area contributed by atoms with E-state index < -0.39 is 0 Å². The van der Waals surface area contributed by atoms with Crippen LogP contribution in [0.25, 0.3) is 11.0 Å². The summed E-state index contributed by atoms with van der Waals surface area (Å²) in [5, 5.41) is 3.20. The summed E-state index contributed by atoms with van der Waals surface area (Å²) in [7, 11) is 1.50. The molecule has 0 aliphatic heterocycles. The van der Waals surface area contributed by atoms with Gasteiger partial charge in [0.1, 0.15) is 17.1 Å². The van der Waals surface area contributed by atoms with Gasteiger partial charge in [0, 0.05) is 22.9 Å². The average Bonchev–Trinajstić information content (AvgIpc) is 2.49. The average molecular weight is 348 g/mol. The third-order valence-electron chi connectivity index (χ3n) is 2.98. The molecule has 0 spiro atoms. The molecule has 0 saturated carbocycles. The fraction of sp³-hybridized carbons (Fsp3) is 0.0667. The van der Waals surface area contributed by atoms with Crippen molar-refractivity contribution >= 4 is 38.3 Å². The lowest BCUT2D eigenvalue weighted by molar-refractivity contribution is 0.413. The minimum absolute atomic E-state index is 0.348. The molecular weight excluding hydrogens is 337 g/mol. The third kappa shape index (κ3) is 2.80. The Labute approximate surface area is 129 Å². The van der Waals surface area contributed by atoms with Crippen LogP contribution in [0, 0.1) is 5.82 Å². The van der Waals surface area contributed by atoms with Gasteiger partial charge in [-0.1, -0.05) is 0 Å². The molecular formula is C15H11BrFN3O. The summed E-state index contributed by atoms with van der Waals surface area (Å²) >= 11 is 3.37. The first-order valence-electron chi connectivity index (χ1n) is 6.18. The largest absolute Gasteiger partial charge is 0.494 e. The van der Waals surface area contributed by atoms with Crippen molar-refractivity contribution in [3.8, 4) is 5.75 Å². The van der Waals surface area contributed by atoms with E-state index in [0.29, 0.717) is 11.4 Å². The number of hydrogen-bond acceptors (Lipinski definition) is 4. The minimum atomic E-state index is -0.348. The Balaban J connectivity index is 2.06. The molecule has 106 valence electrons. The molecule has 0 amide bonds. The molecule has 4 nitrogen and oxygen atoms in total. The zero-order valence-electron chi connectivity index (χ0n) is 11.1. The highest BCUT2D eigenvalue weighted by Crippen LogP contribution is 2.31. The zero-order valence-corrected chi connectivity index (χ0v) is 12.7. The number of halogens is 2. The Hall–Kier alpha value is -2.21. The summed E-state index contributed by atoms with van der Waals surface area (Å²) in [5.74, 6) is 0.0797. The van der Waals surface area contributed by atoms with Crippen LogP contribution in [0.2, 0.25) is 0 Å². The highest BCUT2D eigenvalue weighted by Gasteiger charge is 2.08. The van der Waals surface area contributed by atoms with Gasteiger partial charge in [-0.2, -0.15) is 0 Å². The highest BCUT2D eigenvalue weighted by atomic mass is 79.9. The van der Waals surface area contributed by atoms with Crippen molar-refractivity contribution in [1.82, 2.24) is 9.97 Å². The fourth-order valence-corrected chi connectivity index (χ4v) is 2.34. The third-order valence-corrected chi connectivity index (χ3v) is 3.41. The normalized spacial score (nSPS) is 10.6. The Bertz CT molecular complexity index is 810. The van der Waals surface area contributed by atoms with E-state index in [-0.39, 0.29) is 5.82 Å². The predicted molar refractivity (Wildman–Crippen MR) is 83.5 cm³/mol. The first-order valence-corrected chi connectivity index (χ1v) is 6.97. The van der Waals surface area contributed by atoms with Crippen molar-refractivity contribution in [2.24, 2.45) is 0 Å². The zero-order chi connectivity index (χ0) is 14.8. The van der Waals surface area contributed by atoms with E-state index in [1.165, 1.54) is 19.2 Å². The molecule has 2 aromatic heterocycles. The summed E-state index contributed by atoms with van der Waals surface area (Å²) in [5.41, 5.74) is 2.93. The van der Waals surface area contributed by atoms with Gasteiger partial charge in [0.05, 0.1) is 24.0 Å². The maximum atomic E-state index is 13.2. The Kier molecular flexibility index (Phi) is 3.70. The van der Waals surface area contributed by atoms with Gasteiger partial charge in [0.25, 0.3) is 0 Å². The molecule has 3 rings (SSSR count). The standard InChI is InChI=1S/C15H11BrFN3O/c1-21-14-7-10(17)2-3-11(14)20-12-4-5-18-13-6-9(16)8-19-15(12)13/h2-8H,1H3,(H,18,20). The Morgan fingerprint density at radius 1 is 1.14 bits per heavy atom. The number of rotatable bonds is 3. The smallest absolute Gasteiger partial charge is 0.145 e. The van der Waals surface area contributed by atoms with Crippen LogP contribution >= 0.6 is 15.9 Å². The van der Waals surface area contributed by atoms with Gasteiger partial charge < -0.3 is 10.1 Å². The molecule has 3 aromatic rings. The summed E-state index contributed by atoms with van der Waals surface area (Å²) < 4.78 is 19.3. The molecule has 1 N–H and O–H groups in total. The van der Waals surface area contributed by atoms with Gasteiger partial charge in [-0.15, -0.1) is 0 Å². The summed E-state index contributed by atoms with van der Waals surface area (Å²) in [6, 6.07) is 8.02. The monoisotopic (exact) mass is 347 g/mol. The summed E-state index contributed by atoms with van der Waals surface area (Å²) in [6.45, 7) is 0. The SMILES string of the molecule is COc1cc(F)ccc1Nc1ccnc2cc(Br)cnc12. The van der Waals surface area contributed by atoms with Crippen molar-refractivity contribution in [3.05, 3.63) is 53.0 Å². The lowest BCUT2D eigenvalue weighted by Gasteiger charge is -2.12. The number of benzene rings is 1. The van der Waals surface area contributed by atoms with Crippen LogP contribution in [0.4, 0.5) is 15.8 Å². The maximum absolute atomic E-state index is 13.2. The molecule has 0 unspecified atom stereocenters. The van der Waals surface area contributed by atoms with E-state index >= 15 is 0 Å². The van der Waals surface area contributed by atoms with Gasteiger partial charge in [-0.3, -0.25) is 9.97 Å². The molecule has 0 radical (unpaired) electrons. The summed E-state index contributed by atoms with van der Waals surface area (Å²) in [4.78, 5) is 8.64. The number of methoxy groups -OCH3 is 1. The van der Waals surface area contributed by atoms with E-state index in [1.807, 2.05) is 12.1 Å². The minimum Gasteiger partial charge on any atom is -0.494 e. The van der Waals surface area contributed by atoms with Crippen LogP contribution in [0.15, 0.2) is 47.2 Å². The fourth-order valence-electron chi connectivity index (χ4n) is 2.02. The van der Waals surface area contributed by atoms with Crippen LogP contribution in [0.1, 0.15) is 0 Å². The van der Waals surface area contributed by atoms with E-state index in [1.54, 1.807) is 18.5 Å². The number of hydrogen-bond donors (Lipinski definition) is 1. The number of aromatic nitrogens is 2. The Morgan fingerprint density at radius 2 is 2.00 bits per heavy atom. The molecule has 1 aromatic carbocycles. The topological polar surface area (TPSA) is 47.0 Å². The van der Waals surface area contributed by atoms with Gasteiger partial charge in [0.2, 0.25) is 0 Å². The van der Waals surface area contributed by atoms with Gasteiger partial charge in [0.15, 0.2) is 0 Å². The first kappa shape index (κ1) is 13.8. The van der Waals surface area contributed by atoms with Gasteiger partial charge >= 0.3 is 0 Å². The number of ether oxygens (including phenoxy) is 1. The molecule has 6 heteroatoms. The Morgan fingerprint density at radius 3 is 2.81 bits per heavy atom. The quantitative estimate of drug-likeness (QED) is 0.767. The van der Waals surface area contributed by atoms with Crippen molar-refractivity contribution in [2.75, 3.05) is 12.4 Å². The highest BCUT2D eigenvalue weighted by molar-refractivity contribution is 9.10. The van der Waals surface area contributed by atoms with Crippen molar-refractivity contribution in [2.45, 2.75) is 0 Å². The predicted octanol–water partition coefficient (Wildman–Crippen LogP) is 4.28. The van der Waals surface area contributed by atoms with E-state index in [9.17, 15) is 4.39 Å². The van der Waals surface area contributed by atoms with Gasteiger partial charge in [-0.05, 0) is 40.2 Å². The number of pyridine rings is 2. The van der Waals surface area contributed by atoms with Crippen LogP contribution in [-0.4, -0.2) is 17.1 Å². The lowest BCUT2D eigenvalue weighted by Crippen LogP contribution is -1.97. The number of nitrogens with zero attached hydrogens (tertiary/aromatic N) is 2. The van der Waals surface area contributed by atoms with E-state index in [4.69, 9.17) is 4.74 Å². The van der Waals surface area contributed by atoms with Crippen LogP contribution in [0.3, 0.4) is 0 Å². The van der Waals surface area contributed by atoms with Crippen LogP contribution < -0.4 is 10.1 Å². The number of nitrogens with one attached hydrogen (secondary N) is 1. The number of anilines is 2. The second-order valence-corrected chi connectivity index (χ2v) is 5.27. The van der Waals surface area contributed by atoms with Crippen molar-refractivity contribution in [3.63, 3.8) is 0 Å². The molecule has 0 saturated heterocycles. The summed E-state index contributed by atoms with van der Waals surface area (Å²) in [6.07, 6.45) is 3.39. The second kappa shape index (κ2) is 5.65. The molecule has 0 atom stereocenters. The van der Waals surface area contributed by atoms with Crippen molar-refractivity contribution < 1.29 is 9.13 Å². The van der Waals surface area contributed by atoms with Crippen molar-refractivity contribution in [1.29, 1.82) is 0 Å². The second-order valence-electron chi connectivity index (χ2n) is 4.35. The molecule has 0 aliphatic carbocycles. The molecule has 21 heavy (non-hydrogen) atoms. The molecule has 0 fully saturated rings. The van der Waals surface area contributed by atoms with Crippen LogP contribution in [-0.2, 0) is 0 Å². The van der Waals surface area contributed by atoms with E-state index in [0.717, 1.165) is 21.2 Å². The van der Waals surface area contributed by atoms with E-state index in [2.05, 4.69) is 31.2 Å². The molecule has 0 aliphatic rings. The van der Waals surface area contributed by atoms with Gasteiger partial charge in [-0.25, -0.2) is 4.39 Å². The lowest BCUT2D eigenvalue weighted by atomic mass is 10.2. The molecule has 2 heterocycles. The maximum Gasteiger partial charge on any atom is 0.145 e. The first-order chi connectivity index (χ1) is 10.2. The van der Waals surface area contributed by atoms with Crippen LogP contribution in [0.5, 0.6) is 5.75 Å². The molecule has 0 bridgehead atoms.